The van der Waals surface area contributed by atoms with Crippen LogP contribution in [0.15, 0.2) is 24.5 Å². The Morgan fingerprint density at radius 3 is 2.81 bits per heavy atom. The predicted octanol–water partition coefficient (Wildman–Crippen LogP) is 1.32. The Kier molecular flexibility index (Phi) is 4.64. The van der Waals surface area contributed by atoms with E-state index in [1.54, 1.807) is 6.07 Å². The predicted molar refractivity (Wildman–Crippen MR) is 78.0 cm³/mol. The first-order valence-electron chi connectivity index (χ1n) is 6.79. The number of tetrazole rings is 1. The molecule has 1 unspecified atom stereocenters. The molecule has 21 heavy (non-hydrogen) atoms. The summed E-state index contributed by atoms with van der Waals surface area (Å²) in [5.74, 6) is -0.173. The maximum Gasteiger partial charge on any atom is 0.226 e. The molecule has 112 valence electrons. The van der Waals surface area contributed by atoms with Crippen molar-refractivity contribution in [2.45, 2.75) is 33.3 Å². The number of hydrogen-bond donors (Lipinski definition) is 2. The van der Waals surface area contributed by atoms with Crippen molar-refractivity contribution in [1.82, 2.24) is 20.2 Å². The average Bonchev–Trinajstić information content (AvgIpc) is 2.94. The van der Waals surface area contributed by atoms with Gasteiger partial charge in [0, 0.05) is 5.69 Å². The van der Waals surface area contributed by atoms with Gasteiger partial charge in [0.15, 0.2) is 0 Å². The summed E-state index contributed by atoms with van der Waals surface area (Å²) in [5, 5.41) is 23.6. The quantitative estimate of drug-likeness (QED) is 0.866. The molecule has 0 aliphatic heterocycles. The highest BCUT2D eigenvalue weighted by Crippen LogP contribution is 2.18. The first-order valence-corrected chi connectivity index (χ1v) is 6.79. The number of amides is 1. The van der Waals surface area contributed by atoms with E-state index in [1.807, 2.05) is 32.9 Å². The first-order chi connectivity index (χ1) is 9.97. The lowest BCUT2D eigenvalue weighted by molar-refractivity contribution is -0.118. The molecule has 1 heterocycles. The van der Waals surface area contributed by atoms with E-state index in [2.05, 4.69) is 20.8 Å². The molecule has 0 saturated heterocycles. The third-order valence-electron chi connectivity index (χ3n) is 3.25. The first kappa shape index (κ1) is 15.1. The van der Waals surface area contributed by atoms with Crippen LogP contribution in [0.5, 0.6) is 0 Å². The second-order valence-electron chi connectivity index (χ2n) is 5.32. The Morgan fingerprint density at radius 2 is 2.19 bits per heavy atom. The van der Waals surface area contributed by atoms with Crippen LogP contribution in [0.1, 0.15) is 25.8 Å². The molecule has 0 saturated carbocycles. The van der Waals surface area contributed by atoms with E-state index in [9.17, 15) is 9.90 Å². The third-order valence-corrected chi connectivity index (χ3v) is 3.25. The van der Waals surface area contributed by atoms with E-state index in [1.165, 1.54) is 11.0 Å². The summed E-state index contributed by atoms with van der Waals surface area (Å²) in [6.07, 6.45) is 0.928. The van der Waals surface area contributed by atoms with Gasteiger partial charge in [0.2, 0.25) is 5.91 Å². The van der Waals surface area contributed by atoms with Crippen molar-refractivity contribution in [3.05, 3.63) is 30.1 Å². The zero-order valence-electron chi connectivity index (χ0n) is 12.3. The number of rotatable bonds is 5. The van der Waals surface area contributed by atoms with Gasteiger partial charge in [-0.25, -0.2) is 4.68 Å². The van der Waals surface area contributed by atoms with Crippen molar-refractivity contribution in [1.29, 1.82) is 0 Å². The highest BCUT2D eigenvalue weighted by Gasteiger charge is 2.15. The van der Waals surface area contributed by atoms with Crippen LogP contribution in [-0.2, 0) is 4.79 Å². The molecule has 1 atom stereocenters. The molecule has 7 heteroatoms. The fraction of sp³-hybridized carbons (Fsp3) is 0.429. The monoisotopic (exact) mass is 289 g/mol. The van der Waals surface area contributed by atoms with Crippen molar-refractivity contribution in [3.63, 3.8) is 0 Å². The number of carbonyl (C=O) groups is 1. The van der Waals surface area contributed by atoms with Crippen molar-refractivity contribution in [2.24, 2.45) is 5.92 Å². The van der Waals surface area contributed by atoms with Gasteiger partial charge in [0.05, 0.1) is 18.2 Å². The Bertz CT molecular complexity index is 610. The molecular weight excluding hydrogens is 270 g/mol. The molecule has 1 amide bonds. The molecule has 0 radical (unpaired) electrons. The van der Waals surface area contributed by atoms with Crippen LogP contribution in [0.2, 0.25) is 0 Å². The fourth-order valence-corrected chi connectivity index (χ4v) is 1.84. The largest absolute Gasteiger partial charge is 0.392 e. The van der Waals surface area contributed by atoms with Crippen LogP contribution in [0.3, 0.4) is 0 Å². The summed E-state index contributed by atoms with van der Waals surface area (Å²) >= 11 is 0. The SMILES string of the molecule is Cc1ccc(NC(=O)CC(O)C(C)C)cc1-n1cnnn1. The highest BCUT2D eigenvalue weighted by molar-refractivity contribution is 5.91. The molecule has 0 spiro atoms. The number of hydrogen-bond acceptors (Lipinski definition) is 5. The van der Waals surface area contributed by atoms with Crippen LogP contribution < -0.4 is 5.32 Å². The molecule has 0 fully saturated rings. The molecule has 0 aliphatic rings. The normalized spacial score (nSPS) is 12.4. The minimum Gasteiger partial charge on any atom is -0.392 e. The number of benzene rings is 1. The van der Waals surface area contributed by atoms with Gasteiger partial charge >= 0.3 is 0 Å². The van der Waals surface area contributed by atoms with Crippen molar-refractivity contribution in [2.75, 3.05) is 5.32 Å². The number of anilines is 1. The number of aliphatic hydroxyl groups is 1. The Labute approximate surface area is 123 Å². The topological polar surface area (TPSA) is 92.9 Å². The Hall–Kier alpha value is -2.28. The zero-order valence-corrected chi connectivity index (χ0v) is 12.3. The second kappa shape index (κ2) is 6.45. The van der Waals surface area contributed by atoms with Crippen molar-refractivity contribution < 1.29 is 9.90 Å². The van der Waals surface area contributed by atoms with E-state index >= 15 is 0 Å². The number of aromatic nitrogens is 4. The summed E-state index contributed by atoms with van der Waals surface area (Å²) < 4.78 is 1.54. The third kappa shape index (κ3) is 3.85. The molecule has 2 aromatic rings. The summed E-state index contributed by atoms with van der Waals surface area (Å²) in [6.45, 7) is 5.68. The van der Waals surface area contributed by atoms with Crippen molar-refractivity contribution >= 4 is 11.6 Å². The molecule has 7 nitrogen and oxygen atoms in total. The smallest absolute Gasteiger partial charge is 0.226 e. The fourth-order valence-electron chi connectivity index (χ4n) is 1.84. The number of nitrogens with zero attached hydrogens (tertiary/aromatic N) is 4. The van der Waals surface area contributed by atoms with E-state index < -0.39 is 6.10 Å². The molecular formula is C14H19N5O2. The summed E-state index contributed by atoms with van der Waals surface area (Å²) in [5.41, 5.74) is 2.43. The van der Waals surface area contributed by atoms with Gasteiger partial charge in [-0.05, 0) is 41.0 Å². The lowest BCUT2D eigenvalue weighted by Gasteiger charge is -2.14. The van der Waals surface area contributed by atoms with Crippen LogP contribution in [0, 0.1) is 12.8 Å². The molecule has 2 rings (SSSR count). The zero-order chi connectivity index (χ0) is 15.4. The van der Waals surface area contributed by atoms with E-state index in [0.29, 0.717) is 5.69 Å². The standard InChI is InChI=1S/C14H19N5O2/c1-9(2)13(20)7-14(21)16-11-5-4-10(3)12(6-11)19-8-15-17-18-19/h4-6,8-9,13,20H,7H2,1-3H3,(H,16,21). The maximum atomic E-state index is 11.9. The van der Waals surface area contributed by atoms with Gasteiger partial charge in [-0.3, -0.25) is 4.79 Å². The van der Waals surface area contributed by atoms with Gasteiger partial charge in [-0.2, -0.15) is 0 Å². The molecule has 1 aromatic carbocycles. The van der Waals surface area contributed by atoms with Crippen LogP contribution in [-0.4, -0.2) is 37.3 Å². The summed E-state index contributed by atoms with van der Waals surface area (Å²) in [4.78, 5) is 11.9. The van der Waals surface area contributed by atoms with E-state index in [4.69, 9.17) is 0 Å². The summed E-state index contributed by atoms with van der Waals surface area (Å²) in [6, 6.07) is 5.49. The number of carbonyl (C=O) groups excluding carboxylic acids is 1. The van der Waals surface area contributed by atoms with Crippen LogP contribution >= 0.6 is 0 Å². The van der Waals surface area contributed by atoms with E-state index in [0.717, 1.165) is 11.3 Å². The highest BCUT2D eigenvalue weighted by atomic mass is 16.3. The number of nitrogens with one attached hydrogen (secondary N) is 1. The van der Waals surface area contributed by atoms with Crippen molar-refractivity contribution in [3.8, 4) is 5.69 Å². The van der Waals surface area contributed by atoms with Gasteiger partial charge < -0.3 is 10.4 Å². The molecule has 0 bridgehead atoms. The van der Waals surface area contributed by atoms with Crippen LogP contribution in [0.4, 0.5) is 5.69 Å². The molecule has 2 N–H and O–H groups in total. The Morgan fingerprint density at radius 1 is 1.43 bits per heavy atom. The second-order valence-corrected chi connectivity index (χ2v) is 5.32. The van der Waals surface area contributed by atoms with Gasteiger partial charge in [0.25, 0.3) is 0 Å². The van der Waals surface area contributed by atoms with Gasteiger partial charge in [0.1, 0.15) is 6.33 Å². The lowest BCUT2D eigenvalue weighted by atomic mass is 10.0. The summed E-state index contributed by atoms with van der Waals surface area (Å²) in [7, 11) is 0. The minimum absolute atomic E-state index is 0.0468. The Balaban J connectivity index is 2.11. The lowest BCUT2D eigenvalue weighted by Crippen LogP contribution is -2.23. The van der Waals surface area contributed by atoms with Crippen LogP contribution in [0.25, 0.3) is 5.69 Å². The van der Waals surface area contributed by atoms with E-state index in [-0.39, 0.29) is 18.2 Å². The number of aliphatic hydroxyl groups excluding tert-OH is 1. The molecule has 1 aromatic heterocycles. The average molecular weight is 289 g/mol. The van der Waals surface area contributed by atoms with Gasteiger partial charge in [-0.1, -0.05) is 19.9 Å². The minimum atomic E-state index is -0.644. The van der Waals surface area contributed by atoms with Gasteiger partial charge in [-0.15, -0.1) is 5.10 Å². The molecule has 0 aliphatic carbocycles. The number of aryl methyl sites for hydroxylation is 1. The maximum absolute atomic E-state index is 11.9.